The van der Waals surface area contributed by atoms with Crippen LogP contribution >= 0.6 is 0 Å². The number of fused-ring (bicyclic) bond motifs is 7. The van der Waals surface area contributed by atoms with Crippen LogP contribution in [0.1, 0.15) is 0 Å². The summed E-state index contributed by atoms with van der Waals surface area (Å²) in [4.78, 5) is 2.33. The molecular formula is C58H37NO2. The standard InChI is InChI=1S/C58H37NO2/c1-2-11-48-41(9-1)10-7-14-49(48)42-21-19-38(20-22-42)39-23-30-45(31-24-39)59(46-32-25-40(26-33-46)44-29-36-57-54(37-44)52-13-4-5-17-55(52)60-57)47-34-27-43(28-35-47)50-15-8-16-53-51-12-3-6-18-56(51)61-58(50)53/h1-37H. The summed E-state index contributed by atoms with van der Waals surface area (Å²) in [5.41, 5.74) is 16.1. The average molecular weight is 780 g/mol. The topological polar surface area (TPSA) is 29.5 Å². The van der Waals surface area contributed by atoms with E-state index < -0.39 is 0 Å². The van der Waals surface area contributed by atoms with Crippen molar-refractivity contribution in [3.05, 3.63) is 224 Å². The van der Waals surface area contributed by atoms with Crippen LogP contribution in [0.3, 0.4) is 0 Å². The first-order valence-electron chi connectivity index (χ1n) is 20.7. The summed E-state index contributed by atoms with van der Waals surface area (Å²) in [6, 6.07) is 80.0. The zero-order valence-corrected chi connectivity index (χ0v) is 33.1. The molecule has 3 heteroatoms. The summed E-state index contributed by atoms with van der Waals surface area (Å²) in [5, 5.41) is 7.03. The highest BCUT2D eigenvalue weighted by Crippen LogP contribution is 2.41. The van der Waals surface area contributed by atoms with Crippen LogP contribution in [0.25, 0.3) is 99.2 Å². The monoisotopic (exact) mass is 779 g/mol. The second kappa shape index (κ2) is 14.3. The summed E-state index contributed by atoms with van der Waals surface area (Å²) in [7, 11) is 0. The normalized spacial score (nSPS) is 11.6. The third-order valence-corrected chi connectivity index (χ3v) is 12.1. The first kappa shape index (κ1) is 34.9. The van der Waals surface area contributed by atoms with Gasteiger partial charge in [0.1, 0.15) is 22.3 Å². The van der Waals surface area contributed by atoms with Crippen LogP contribution in [0, 0.1) is 0 Å². The molecule has 0 aliphatic heterocycles. The van der Waals surface area contributed by atoms with Gasteiger partial charge >= 0.3 is 0 Å². The summed E-state index contributed by atoms with van der Waals surface area (Å²) in [6.07, 6.45) is 0. The molecule has 0 spiro atoms. The van der Waals surface area contributed by atoms with E-state index in [2.05, 4.69) is 205 Å². The van der Waals surface area contributed by atoms with E-state index in [9.17, 15) is 0 Å². The fourth-order valence-electron chi connectivity index (χ4n) is 9.04. The number of rotatable bonds is 7. The molecule has 12 rings (SSSR count). The van der Waals surface area contributed by atoms with Gasteiger partial charge in [0, 0.05) is 44.2 Å². The van der Waals surface area contributed by atoms with Gasteiger partial charge in [0.2, 0.25) is 0 Å². The molecule has 286 valence electrons. The van der Waals surface area contributed by atoms with Crippen molar-refractivity contribution >= 4 is 71.7 Å². The van der Waals surface area contributed by atoms with Crippen LogP contribution in [0.4, 0.5) is 17.1 Å². The SMILES string of the molecule is c1ccc2c(-c3ccc(-c4ccc(N(c5ccc(-c6ccc7oc8ccccc8c7c6)cc5)c5ccc(-c6cccc7c6oc6ccccc67)cc5)cc4)cc3)cccc2c1. The van der Waals surface area contributed by atoms with E-state index >= 15 is 0 Å². The van der Waals surface area contributed by atoms with E-state index in [1.807, 2.05) is 24.3 Å². The predicted molar refractivity (Wildman–Crippen MR) is 255 cm³/mol. The fraction of sp³-hybridized carbons (Fsp3) is 0. The lowest BCUT2D eigenvalue weighted by molar-refractivity contribution is 0.669. The van der Waals surface area contributed by atoms with Crippen LogP contribution < -0.4 is 4.90 Å². The van der Waals surface area contributed by atoms with Crippen molar-refractivity contribution in [3.63, 3.8) is 0 Å². The molecule has 10 aromatic carbocycles. The second-order valence-corrected chi connectivity index (χ2v) is 15.7. The third kappa shape index (κ3) is 6.06. The van der Waals surface area contributed by atoms with Gasteiger partial charge in [-0.25, -0.2) is 0 Å². The van der Waals surface area contributed by atoms with Crippen molar-refractivity contribution in [2.45, 2.75) is 0 Å². The van der Waals surface area contributed by atoms with Crippen molar-refractivity contribution in [2.75, 3.05) is 4.90 Å². The minimum absolute atomic E-state index is 0.900. The molecule has 0 unspecified atom stereocenters. The minimum atomic E-state index is 0.900. The lowest BCUT2D eigenvalue weighted by Gasteiger charge is -2.26. The summed E-state index contributed by atoms with van der Waals surface area (Å²) in [5.74, 6) is 0. The van der Waals surface area contributed by atoms with E-state index in [1.165, 1.54) is 33.0 Å². The van der Waals surface area contributed by atoms with Gasteiger partial charge in [-0.2, -0.15) is 0 Å². The molecule has 0 saturated carbocycles. The fourth-order valence-corrected chi connectivity index (χ4v) is 9.04. The van der Waals surface area contributed by atoms with E-state index in [0.717, 1.165) is 83.2 Å². The Kier molecular flexibility index (Phi) is 8.17. The number of hydrogen-bond donors (Lipinski definition) is 0. The molecule has 61 heavy (non-hydrogen) atoms. The van der Waals surface area contributed by atoms with Crippen molar-refractivity contribution in [2.24, 2.45) is 0 Å². The molecule has 0 aliphatic carbocycles. The van der Waals surface area contributed by atoms with Crippen LogP contribution in [-0.4, -0.2) is 0 Å². The molecule has 0 fully saturated rings. The molecule has 0 amide bonds. The Morgan fingerprint density at radius 2 is 0.689 bits per heavy atom. The number of anilines is 3. The van der Waals surface area contributed by atoms with E-state index in [0.29, 0.717) is 0 Å². The molecular weight excluding hydrogens is 743 g/mol. The van der Waals surface area contributed by atoms with Gasteiger partial charge in [-0.15, -0.1) is 0 Å². The quantitative estimate of drug-likeness (QED) is 0.161. The number of furan rings is 2. The van der Waals surface area contributed by atoms with Crippen molar-refractivity contribution in [1.82, 2.24) is 0 Å². The molecule has 2 heterocycles. The molecule has 3 nitrogen and oxygen atoms in total. The van der Waals surface area contributed by atoms with Gasteiger partial charge in [-0.3, -0.25) is 0 Å². The summed E-state index contributed by atoms with van der Waals surface area (Å²) >= 11 is 0. The number of para-hydroxylation sites is 3. The van der Waals surface area contributed by atoms with E-state index in [-0.39, 0.29) is 0 Å². The Balaban J connectivity index is 0.904. The maximum Gasteiger partial charge on any atom is 0.143 e. The van der Waals surface area contributed by atoms with Gasteiger partial charge in [0.05, 0.1) is 0 Å². The van der Waals surface area contributed by atoms with Crippen LogP contribution in [0.5, 0.6) is 0 Å². The molecule has 0 bridgehead atoms. The highest BCUT2D eigenvalue weighted by atomic mass is 16.3. The van der Waals surface area contributed by atoms with Gasteiger partial charge in [-0.1, -0.05) is 164 Å². The first-order chi connectivity index (χ1) is 30.2. The minimum Gasteiger partial charge on any atom is -0.456 e. The zero-order valence-electron chi connectivity index (χ0n) is 33.1. The third-order valence-electron chi connectivity index (χ3n) is 12.1. The molecule has 0 aliphatic rings. The molecule has 12 aromatic rings. The molecule has 0 N–H and O–H groups in total. The zero-order chi connectivity index (χ0) is 40.3. The number of benzene rings is 10. The Morgan fingerprint density at radius 1 is 0.262 bits per heavy atom. The number of nitrogens with zero attached hydrogens (tertiary/aromatic N) is 1. The Hall–Kier alpha value is -8.14. The summed E-state index contributed by atoms with van der Waals surface area (Å²) in [6.45, 7) is 0. The van der Waals surface area contributed by atoms with Crippen LogP contribution in [0.15, 0.2) is 233 Å². The average Bonchev–Trinajstić information content (AvgIpc) is 3.91. The highest BCUT2D eigenvalue weighted by molar-refractivity contribution is 6.10. The second-order valence-electron chi connectivity index (χ2n) is 15.7. The smallest absolute Gasteiger partial charge is 0.143 e. The maximum absolute atomic E-state index is 6.42. The van der Waals surface area contributed by atoms with E-state index in [4.69, 9.17) is 8.83 Å². The van der Waals surface area contributed by atoms with Crippen molar-refractivity contribution in [1.29, 1.82) is 0 Å². The predicted octanol–water partition coefficient (Wildman–Crippen LogP) is 16.8. The first-order valence-corrected chi connectivity index (χ1v) is 20.7. The van der Waals surface area contributed by atoms with E-state index in [1.54, 1.807) is 0 Å². The van der Waals surface area contributed by atoms with Gasteiger partial charge < -0.3 is 13.7 Å². The largest absolute Gasteiger partial charge is 0.456 e. The van der Waals surface area contributed by atoms with Crippen LogP contribution in [-0.2, 0) is 0 Å². The van der Waals surface area contributed by atoms with Gasteiger partial charge in [-0.05, 0) is 110 Å². The molecule has 2 aromatic heterocycles. The lowest BCUT2D eigenvalue weighted by atomic mass is 9.96. The molecule has 0 atom stereocenters. The molecule has 0 saturated heterocycles. The van der Waals surface area contributed by atoms with Crippen LogP contribution in [0.2, 0.25) is 0 Å². The Labute approximate surface area is 353 Å². The summed E-state index contributed by atoms with van der Waals surface area (Å²) < 4.78 is 12.5. The van der Waals surface area contributed by atoms with Gasteiger partial charge in [0.25, 0.3) is 0 Å². The van der Waals surface area contributed by atoms with Gasteiger partial charge in [0.15, 0.2) is 0 Å². The highest BCUT2D eigenvalue weighted by Gasteiger charge is 2.17. The lowest BCUT2D eigenvalue weighted by Crippen LogP contribution is -2.09. The Bertz CT molecular complexity index is 3550. The maximum atomic E-state index is 6.42. The van der Waals surface area contributed by atoms with Crippen molar-refractivity contribution < 1.29 is 8.83 Å². The molecule has 0 radical (unpaired) electrons. The van der Waals surface area contributed by atoms with Crippen molar-refractivity contribution in [3.8, 4) is 44.5 Å². The number of hydrogen-bond acceptors (Lipinski definition) is 3. The Morgan fingerprint density at radius 3 is 1.38 bits per heavy atom.